The highest BCUT2D eigenvalue weighted by atomic mass is 79.9. The number of phenols is 1. The zero-order valence-electron chi connectivity index (χ0n) is 5.96. The Hall–Kier alpha value is 0.220. The summed E-state index contributed by atoms with van der Waals surface area (Å²) in [7, 11) is 1.34. The Kier molecular flexibility index (Phi) is 3.27. The van der Waals surface area contributed by atoms with Gasteiger partial charge in [-0.1, -0.05) is 0 Å². The second kappa shape index (κ2) is 3.76. The van der Waals surface area contributed by atoms with Gasteiger partial charge in [-0.2, -0.15) is 0 Å². The van der Waals surface area contributed by atoms with Gasteiger partial charge in [0.1, 0.15) is 5.75 Å². The van der Waals surface area contributed by atoms with Crippen LogP contribution in [0.2, 0.25) is 0 Å². The average molecular weight is 350 g/mol. The van der Waals surface area contributed by atoms with Crippen LogP contribution < -0.4 is 0 Å². The molecule has 0 unspecified atom stereocenters. The quantitative estimate of drug-likeness (QED) is 0.793. The smallest absolute Gasteiger partial charge is 0.261 e. The molecule has 0 amide bonds. The van der Waals surface area contributed by atoms with Gasteiger partial charge < -0.3 is 5.11 Å². The van der Waals surface area contributed by atoms with E-state index in [1.807, 2.05) is 0 Å². The van der Waals surface area contributed by atoms with Crippen LogP contribution in [-0.4, -0.2) is 13.5 Å². The molecule has 0 saturated heterocycles. The molecule has 0 radical (unpaired) electrons. The van der Waals surface area contributed by atoms with Crippen molar-refractivity contribution >= 4 is 51.6 Å². The molecule has 0 aromatic heterocycles. The first-order chi connectivity index (χ1) is 5.82. The SMILES string of the molecule is O=S(=O)(Cl)c1cc(Br)c(O)c(Br)c1. The summed E-state index contributed by atoms with van der Waals surface area (Å²) in [5.74, 6) is -0.0657. The predicted molar refractivity (Wildman–Crippen MR) is 56.5 cm³/mol. The van der Waals surface area contributed by atoms with Crippen LogP contribution in [0.25, 0.3) is 0 Å². The van der Waals surface area contributed by atoms with Crippen LogP contribution in [0.15, 0.2) is 26.0 Å². The molecule has 3 nitrogen and oxygen atoms in total. The second-order valence-corrected chi connectivity index (χ2v) is 6.45. The molecule has 0 aliphatic heterocycles. The van der Waals surface area contributed by atoms with E-state index >= 15 is 0 Å². The third-order valence-corrected chi connectivity index (χ3v) is 3.81. The Balaban J connectivity index is 3.47. The molecule has 0 atom stereocenters. The van der Waals surface area contributed by atoms with Gasteiger partial charge in [0.25, 0.3) is 9.05 Å². The number of hydrogen-bond acceptors (Lipinski definition) is 3. The van der Waals surface area contributed by atoms with E-state index in [2.05, 4.69) is 31.9 Å². The zero-order valence-corrected chi connectivity index (χ0v) is 10.7. The minimum atomic E-state index is -3.76. The van der Waals surface area contributed by atoms with Crippen molar-refractivity contribution in [2.75, 3.05) is 0 Å². The molecule has 0 aliphatic rings. The minimum Gasteiger partial charge on any atom is -0.506 e. The van der Waals surface area contributed by atoms with Crippen molar-refractivity contribution in [1.29, 1.82) is 0 Å². The molecule has 7 heteroatoms. The van der Waals surface area contributed by atoms with Gasteiger partial charge in [-0.05, 0) is 44.0 Å². The van der Waals surface area contributed by atoms with Crippen LogP contribution >= 0.6 is 42.5 Å². The molecule has 72 valence electrons. The Morgan fingerprint density at radius 3 is 1.92 bits per heavy atom. The van der Waals surface area contributed by atoms with Crippen molar-refractivity contribution in [2.24, 2.45) is 0 Å². The monoisotopic (exact) mass is 348 g/mol. The maximum absolute atomic E-state index is 10.9. The van der Waals surface area contributed by atoms with Crippen LogP contribution in [0.5, 0.6) is 5.75 Å². The minimum absolute atomic E-state index is 0.0657. The summed E-state index contributed by atoms with van der Waals surface area (Å²) in [4.78, 5) is -0.0780. The van der Waals surface area contributed by atoms with Gasteiger partial charge in [-0.15, -0.1) is 0 Å². The lowest BCUT2D eigenvalue weighted by Crippen LogP contribution is -1.90. The highest BCUT2D eigenvalue weighted by molar-refractivity contribution is 9.11. The van der Waals surface area contributed by atoms with Crippen molar-refractivity contribution in [2.45, 2.75) is 4.90 Å². The third kappa shape index (κ3) is 2.59. The average Bonchev–Trinajstić information content (AvgIpc) is 1.97. The Labute approximate surface area is 96.4 Å². The van der Waals surface area contributed by atoms with Crippen molar-refractivity contribution in [3.05, 3.63) is 21.1 Å². The van der Waals surface area contributed by atoms with E-state index in [1.54, 1.807) is 0 Å². The van der Waals surface area contributed by atoms with Gasteiger partial charge >= 0.3 is 0 Å². The topological polar surface area (TPSA) is 54.4 Å². The second-order valence-electron chi connectivity index (χ2n) is 2.17. The molecule has 0 bridgehead atoms. The molecule has 1 rings (SSSR count). The summed E-state index contributed by atoms with van der Waals surface area (Å²) in [6.45, 7) is 0. The Bertz CT molecular complexity index is 420. The van der Waals surface area contributed by atoms with Gasteiger partial charge in [0.05, 0.1) is 13.8 Å². The predicted octanol–water partition coefficient (Wildman–Crippen LogP) is 2.84. The standard InChI is InChI=1S/C6H3Br2ClO3S/c7-4-1-3(13(9,11)12)2-5(8)6(4)10/h1-2,10H. The van der Waals surface area contributed by atoms with Crippen LogP contribution in [0.1, 0.15) is 0 Å². The summed E-state index contributed by atoms with van der Waals surface area (Å²) in [6, 6.07) is 2.45. The summed E-state index contributed by atoms with van der Waals surface area (Å²) in [5, 5.41) is 9.26. The number of hydrogen-bond donors (Lipinski definition) is 1. The summed E-state index contributed by atoms with van der Waals surface area (Å²) >= 11 is 5.97. The molecular formula is C6H3Br2ClO3S. The first kappa shape index (κ1) is 11.3. The van der Waals surface area contributed by atoms with E-state index in [1.165, 1.54) is 12.1 Å². The zero-order chi connectivity index (χ0) is 10.2. The largest absolute Gasteiger partial charge is 0.506 e. The van der Waals surface area contributed by atoms with Gasteiger partial charge in [-0.3, -0.25) is 0 Å². The maximum Gasteiger partial charge on any atom is 0.261 e. The number of phenolic OH excluding ortho intramolecular Hbond substituents is 1. The van der Waals surface area contributed by atoms with Crippen LogP contribution in [0, 0.1) is 0 Å². The fourth-order valence-corrected chi connectivity index (χ4v) is 2.96. The first-order valence-electron chi connectivity index (χ1n) is 2.95. The third-order valence-electron chi connectivity index (χ3n) is 1.27. The normalized spacial score (nSPS) is 11.6. The van der Waals surface area contributed by atoms with Crippen molar-refractivity contribution in [3.63, 3.8) is 0 Å². The molecule has 0 heterocycles. The van der Waals surface area contributed by atoms with Crippen LogP contribution in [0.4, 0.5) is 0 Å². The van der Waals surface area contributed by atoms with Gasteiger partial charge in [0.15, 0.2) is 0 Å². The van der Waals surface area contributed by atoms with Gasteiger partial charge in [-0.25, -0.2) is 8.42 Å². The van der Waals surface area contributed by atoms with Crippen molar-refractivity contribution in [1.82, 2.24) is 0 Å². The fraction of sp³-hybridized carbons (Fsp3) is 0. The summed E-state index contributed by atoms with van der Waals surface area (Å²) in [5.41, 5.74) is 0. The molecule has 0 aliphatic carbocycles. The molecule has 0 fully saturated rings. The van der Waals surface area contributed by atoms with E-state index in [-0.39, 0.29) is 19.6 Å². The first-order valence-corrected chi connectivity index (χ1v) is 6.84. The van der Waals surface area contributed by atoms with Crippen molar-refractivity contribution < 1.29 is 13.5 Å². The molecule has 0 saturated carbocycles. The van der Waals surface area contributed by atoms with E-state index in [9.17, 15) is 13.5 Å². The molecule has 0 spiro atoms. The molecule has 1 aromatic rings. The van der Waals surface area contributed by atoms with E-state index in [0.29, 0.717) is 0 Å². The summed E-state index contributed by atoms with van der Waals surface area (Å²) < 4.78 is 22.3. The molecule has 13 heavy (non-hydrogen) atoms. The van der Waals surface area contributed by atoms with E-state index < -0.39 is 9.05 Å². The Morgan fingerprint density at radius 2 is 1.62 bits per heavy atom. The lowest BCUT2D eigenvalue weighted by molar-refractivity contribution is 0.468. The Morgan fingerprint density at radius 1 is 1.23 bits per heavy atom. The number of halogens is 3. The number of rotatable bonds is 1. The molecular weight excluding hydrogens is 347 g/mol. The van der Waals surface area contributed by atoms with E-state index in [4.69, 9.17) is 10.7 Å². The number of benzene rings is 1. The fourth-order valence-electron chi connectivity index (χ4n) is 0.683. The van der Waals surface area contributed by atoms with Gasteiger partial charge in [0, 0.05) is 10.7 Å². The van der Waals surface area contributed by atoms with E-state index in [0.717, 1.165) is 0 Å². The molecule has 1 aromatic carbocycles. The highest BCUT2D eigenvalue weighted by Gasteiger charge is 2.14. The highest BCUT2D eigenvalue weighted by Crippen LogP contribution is 2.35. The van der Waals surface area contributed by atoms with Gasteiger partial charge in [0.2, 0.25) is 0 Å². The van der Waals surface area contributed by atoms with Crippen LogP contribution in [0.3, 0.4) is 0 Å². The van der Waals surface area contributed by atoms with Crippen molar-refractivity contribution in [3.8, 4) is 5.75 Å². The maximum atomic E-state index is 10.9. The summed E-state index contributed by atoms with van der Waals surface area (Å²) in [6.07, 6.45) is 0. The lowest BCUT2D eigenvalue weighted by Gasteiger charge is -2.02. The lowest BCUT2D eigenvalue weighted by atomic mass is 10.3. The number of aromatic hydroxyl groups is 1. The molecule has 1 N–H and O–H groups in total. The van der Waals surface area contributed by atoms with Crippen LogP contribution in [-0.2, 0) is 9.05 Å².